The fraction of sp³-hybridized carbons (Fsp3) is 0.400. The number of likely N-dealkylation sites (N-methyl/N-ethyl adjacent to an activating group) is 1. The molecule has 1 saturated carbocycles. The van der Waals surface area contributed by atoms with E-state index in [-0.39, 0.29) is 28.9 Å². The minimum atomic E-state index is -0.281. The van der Waals surface area contributed by atoms with E-state index in [1.54, 1.807) is 0 Å². The second-order valence-corrected chi connectivity index (χ2v) is 10.1. The lowest BCUT2D eigenvalue weighted by molar-refractivity contribution is 0.482. The molecule has 0 aromatic carbocycles. The minimum absolute atomic E-state index is 0.0499. The van der Waals surface area contributed by atoms with Gasteiger partial charge in [-0.25, -0.2) is 9.89 Å². The van der Waals surface area contributed by atoms with Crippen molar-refractivity contribution in [3.8, 4) is 23.7 Å². The molecule has 0 radical (unpaired) electrons. The van der Waals surface area contributed by atoms with E-state index in [4.69, 9.17) is 16.6 Å². The van der Waals surface area contributed by atoms with E-state index >= 15 is 0 Å². The minimum Gasteiger partial charge on any atom is -0.378 e. The zero-order chi connectivity index (χ0) is 23.9. The van der Waals surface area contributed by atoms with Gasteiger partial charge >= 0.3 is 5.69 Å². The van der Waals surface area contributed by atoms with Crippen LogP contribution >= 0.6 is 23.4 Å². The normalized spacial score (nSPS) is 27.9. The fourth-order valence-electron chi connectivity index (χ4n) is 3.89. The van der Waals surface area contributed by atoms with Crippen LogP contribution in [0.4, 0.5) is 0 Å². The highest BCUT2D eigenvalue weighted by atomic mass is 35.5. The smallest absolute Gasteiger partial charge is 0.340 e. The summed E-state index contributed by atoms with van der Waals surface area (Å²) in [4.78, 5) is 20.7. The number of H-pyrrole nitrogens is 2. The summed E-state index contributed by atoms with van der Waals surface area (Å²) in [5, 5.41) is 11.1. The number of allylic oxidation sites excluding steroid dienone is 5. The van der Waals surface area contributed by atoms with Crippen molar-refractivity contribution in [3.63, 3.8) is 0 Å². The first kappa shape index (κ1) is 24.1. The number of rotatable bonds is 7. The van der Waals surface area contributed by atoms with E-state index in [1.807, 2.05) is 48.6 Å². The number of aliphatic imine (C=N–C) groups is 1. The van der Waals surface area contributed by atoms with Gasteiger partial charge in [-0.2, -0.15) is 5.10 Å². The summed E-state index contributed by atoms with van der Waals surface area (Å²) >= 11 is 7.97. The summed E-state index contributed by atoms with van der Waals surface area (Å²) in [7, 11) is 2.06. The predicted octanol–water partition coefficient (Wildman–Crippen LogP) is 3.46. The Hall–Kier alpha value is -3.07. The maximum absolute atomic E-state index is 11.1. The van der Waals surface area contributed by atoms with Crippen molar-refractivity contribution < 1.29 is 0 Å². The lowest BCUT2D eigenvalue weighted by atomic mass is 10.0. The predicted molar refractivity (Wildman–Crippen MR) is 139 cm³/mol. The van der Waals surface area contributed by atoms with Crippen LogP contribution in [-0.2, 0) is 0 Å². The molecule has 0 spiro atoms. The molecule has 3 N–H and O–H groups in total. The second kappa shape index (κ2) is 11.4. The summed E-state index contributed by atoms with van der Waals surface area (Å²) < 4.78 is 0. The SMILES string of the molecule is C=C/C=C(\C/C=C\C#CC#CC1C[C@@H]1c1n[nH]c(=O)[nH]1)C1N=CN(C)C1SC1CCC(Cl)=CN1. The van der Waals surface area contributed by atoms with Crippen LogP contribution in [0.5, 0.6) is 0 Å². The molecule has 34 heavy (non-hydrogen) atoms. The number of nitrogens with one attached hydrogen (secondary N) is 3. The van der Waals surface area contributed by atoms with E-state index in [9.17, 15) is 4.79 Å². The number of aromatic amines is 2. The monoisotopic (exact) mass is 494 g/mol. The zero-order valence-corrected chi connectivity index (χ0v) is 20.5. The van der Waals surface area contributed by atoms with Crippen molar-refractivity contribution in [2.24, 2.45) is 10.9 Å². The molecule has 9 heteroatoms. The van der Waals surface area contributed by atoms with Gasteiger partial charge in [0.15, 0.2) is 0 Å². The second-order valence-electron chi connectivity index (χ2n) is 8.32. The maximum atomic E-state index is 11.1. The molecule has 0 saturated heterocycles. The Kier molecular flexibility index (Phi) is 8.05. The first-order chi connectivity index (χ1) is 16.5. The van der Waals surface area contributed by atoms with E-state index < -0.39 is 0 Å². The number of hydrogen-bond donors (Lipinski definition) is 3. The molecule has 176 valence electrons. The van der Waals surface area contributed by atoms with Crippen molar-refractivity contribution in [1.82, 2.24) is 25.4 Å². The Labute approximate surface area is 208 Å². The zero-order valence-electron chi connectivity index (χ0n) is 18.9. The highest BCUT2D eigenvalue weighted by Crippen LogP contribution is 2.44. The van der Waals surface area contributed by atoms with Crippen molar-refractivity contribution in [2.45, 2.75) is 48.4 Å². The Morgan fingerprint density at radius 3 is 3.06 bits per heavy atom. The van der Waals surface area contributed by atoms with Crippen LogP contribution < -0.4 is 11.0 Å². The van der Waals surface area contributed by atoms with Crippen LogP contribution in [0, 0.1) is 29.6 Å². The first-order valence-corrected chi connectivity index (χ1v) is 12.5. The quantitative estimate of drug-likeness (QED) is 0.399. The van der Waals surface area contributed by atoms with Crippen molar-refractivity contribution in [2.75, 3.05) is 7.05 Å². The van der Waals surface area contributed by atoms with E-state index in [1.165, 1.54) is 5.57 Å². The molecule has 4 rings (SSSR count). The van der Waals surface area contributed by atoms with Crippen molar-refractivity contribution in [3.05, 3.63) is 64.0 Å². The molecular weight excluding hydrogens is 468 g/mol. The molecule has 1 aromatic rings. The topological polar surface area (TPSA) is 89.2 Å². The van der Waals surface area contributed by atoms with Crippen LogP contribution in [0.25, 0.3) is 0 Å². The summed E-state index contributed by atoms with van der Waals surface area (Å²) in [6.07, 6.45) is 15.1. The largest absolute Gasteiger partial charge is 0.378 e. The molecule has 5 atom stereocenters. The van der Waals surface area contributed by atoms with Crippen molar-refractivity contribution >= 4 is 29.7 Å². The summed E-state index contributed by atoms with van der Waals surface area (Å²) in [5.41, 5.74) is 0.909. The fourth-order valence-corrected chi connectivity index (χ4v) is 5.44. The Balaban J connectivity index is 1.30. The van der Waals surface area contributed by atoms with Gasteiger partial charge in [-0.1, -0.05) is 48.2 Å². The molecule has 3 aliphatic rings. The van der Waals surface area contributed by atoms with Crippen molar-refractivity contribution in [1.29, 1.82) is 0 Å². The van der Waals surface area contributed by atoms with Gasteiger partial charge in [-0.05, 0) is 49.2 Å². The Bertz CT molecular complexity index is 1200. The van der Waals surface area contributed by atoms with E-state index in [0.29, 0.717) is 11.2 Å². The van der Waals surface area contributed by atoms with Gasteiger partial charge in [0.25, 0.3) is 0 Å². The van der Waals surface area contributed by atoms with Crippen LogP contribution in [0.2, 0.25) is 0 Å². The molecular formula is C25H27ClN6OS. The third-order valence-electron chi connectivity index (χ3n) is 5.78. The number of aromatic nitrogens is 3. The van der Waals surface area contributed by atoms with Crippen LogP contribution in [-0.4, -0.2) is 50.3 Å². The molecule has 3 heterocycles. The van der Waals surface area contributed by atoms with E-state index in [2.05, 4.69) is 62.7 Å². The highest BCUT2D eigenvalue weighted by molar-refractivity contribution is 8.00. The third kappa shape index (κ3) is 6.28. The summed E-state index contributed by atoms with van der Waals surface area (Å²) in [6.45, 7) is 3.88. The molecule has 0 bridgehead atoms. The number of halogens is 1. The van der Waals surface area contributed by atoms with Crippen LogP contribution in [0.3, 0.4) is 0 Å². The molecule has 2 aliphatic heterocycles. The van der Waals surface area contributed by atoms with Crippen LogP contribution in [0.15, 0.2) is 57.5 Å². The number of nitrogens with zero attached hydrogens (tertiary/aromatic N) is 3. The van der Waals surface area contributed by atoms with Crippen LogP contribution in [0.1, 0.15) is 37.4 Å². The number of thioether (sulfide) groups is 1. The Morgan fingerprint density at radius 1 is 1.44 bits per heavy atom. The first-order valence-electron chi connectivity index (χ1n) is 11.2. The maximum Gasteiger partial charge on any atom is 0.340 e. The summed E-state index contributed by atoms with van der Waals surface area (Å²) in [5.74, 6) is 13.0. The number of hydrogen-bond acceptors (Lipinski definition) is 6. The van der Waals surface area contributed by atoms with E-state index in [0.717, 1.165) is 30.7 Å². The average Bonchev–Trinajstić information content (AvgIpc) is 3.32. The molecule has 1 fully saturated rings. The summed E-state index contributed by atoms with van der Waals surface area (Å²) in [6, 6.07) is 0.0499. The highest BCUT2D eigenvalue weighted by Gasteiger charge is 2.39. The third-order valence-corrected chi connectivity index (χ3v) is 7.64. The molecule has 7 nitrogen and oxygen atoms in total. The van der Waals surface area contributed by atoms with Gasteiger partial charge in [0.2, 0.25) is 0 Å². The van der Waals surface area contributed by atoms with Gasteiger partial charge in [0, 0.05) is 30.1 Å². The molecule has 0 amide bonds. The van der Waals surface area contributed by atoms with Gasteiger partial charge in [0.1, 0.15) is 17.2 Å². The Morgan fingerprint density at radius 2 is 2.32 bits per heavy atom. The lowest BCUT2D eigenvalue weighted by Gasteiger charge is -2.31. The average molecular weight is 495 g/mol. The molecule has 4 unspecified atom stereocenters. The standard InChI is InChI=1S/C25H27ClN6OS/c1-3-9-17(22-24(32(2)16-28-22)34-21-13-12-19(26)15-27-21)10-7-5-4-6-8-11-18-14-20(18)23-29-25(33)31-30-23/h3,5,7,9,15-16,18,20-22,24,27H,1,10,12-14H2,2H3,(H2,29,30,31,33)/b7-5-,17-9+/t18?,20-,21?,22?,24?/m0/s1. The van der Waals surface area contributed by atoms with Gasteiger partial charge in [-0.15, -0.1) is 11.8 Å². The van der Waals surface area contributed by atoms with Gasteiger partial charge < -0.3 is 10.2 Å². The lowest BCUT2D eigenvalue weighted by Crippen LogP contribution is -2.37. The molecule has 1 aromatic heterocycles. The van der Waals surface area contributed by atoms with Gasteiger partial charge in [-0.3, -0.25) is 9.98 Å². The molecule has 1 aliphatic carbocycles. The van der Waals surface area contributed by atoms with Gasteiger partial charge in [0.05, 0.1) is 11.7 Å².